The Bertz CT molecular complexity index is 1130. The summed E-state index contributed by atoms with van der Waals surface area (Å²) in [6, 6.07) is 6.36. The Morgan fingerprint density at radius 3 is 0.871 bits per heavy atom. The van der Waals surface area contributed by atoms with Crippen molar-refractivity contribution in [3.8, 4) is 0 Å². The molecule has 62 heavy (non-hydrogen) atoms. The maximum Gasteiger partial charge on any atom is 0.0235 e. The van der Waals surface area contributed by atoms with Gasteiger partial charge in [0.05, 0.1) is 0 Å². The number of hydrogen-bond acceptors (Lipinski definition) is 8. The van der Waals surface area contributed by atoms with Crippen LogP contribution in [0.25, 0.3) is 0 Å². The van der Waals surface area contributed by atoms with E-state index in [2.05, 4.69) is 108 Å². The second kappa shape index (κ2) is 28.1. The van der Waals surface area contributed by atoms with Crippen molar-refractivity contribution in [2.75, 3.05) is 105 Å². The van der Waals surface area contributed by atoms with Crippen molar-refractivity contribution in [1.82, 2.24) is 39.2 Å². The highest BCUT2D eigenvalue weighted by Crippen LogP contribution is 2.27. The average molecular weight is 870 g/mol. The Labute approximate surface area is 387 Å². The Kier molecular flexibility index (Phi) is 23.9. The summed E-state index contributed by atoms with van der Waals surface area (Å²) in [4.78, 5) is 21.6. The van der Waals surface area contributed by atoms with Crippen molar-refractivity contribution in [3.05, 3.63) is 0 Å². The van der Waals surface area contributed by atoms with Crippen molar-refractivity contribution >= 4 is 0 Å². The molecule has 8 heteroatoms. The van der Waals surface area contributed by atoms with Gasteiger partial charge in [0.2, 0.25) is 0 Å². The molecule has 0 bridgehead atoms. The molecule has 0 amide bonds. The van der Waals surface area contributed by atoms with Crippen molar-refractivity contribution in [2.45, 2.75) is 233 Å². The quantitative estimate of drug-likeness (QED) is 0.238. The maximum atomic E-state index is 2.79. The van der Waals surface area contributed by atoms with Gasteiger partial charge in [0.25, 0.3) is 0 Å². The van der Waals surface area contributed by atoms with Gasteiger partial charge in [-0.15, -0.1) is 0 Å². The lowest BCUT2D eigenvalue weighted by molar-refractivity contribution is 0.0380. The van der Waals surface area contributed by atoms with Crippen molar-refractivity contribution in [3.63, 3.8) is 0 Å². The van der Waals surface area contributed by atoms with Gasteiger partial charge < -0.3 is 0 Å². The summed E-state index contributed by atoms with van der Waals surface area (Å²) in [6.45, 7) is 44.8. The molecule has 8 aliphatic heterocycles. The third-order valence-corrected chi connectivity index (χ3v) is 16.8. The van der Waals surface area contributed by atoms with Gasteiger partial charge in [-0.1, -0.05) is 46.0 Å². The molecule has 0 aromatic heterocycles. The van der Waals surface area contributed by atoms with Crippen LogP contribution in [0, 0.1) is 11.8 Å². The molecule has 0 aromatic rings. The van der Waals surface area contributed by atoms with Crippen LogP contribution in [-0.2, 0) is 0 Å². The zero-order valence-electron chi connectivity index (χ0n) is 43.4. The molecular formula is C54H108N8. The van der Waals surface area contributed by atoms with Gasteiger partial charge in [-0.2, -0.15) is 0 Å². The van der Waals surface area contributed by atoms with Crippen LogP contribution in [-0.4, -0.2) is 192 Å². The first-order chi connectivity index (χ1) is 29.9. The molecule has 0 saturated carbocycles. The van der Waals surface area contributed by atoms with Crippen LogP contribution in [0.3, 0.4) is 0 Å². The monoisotopic (exact) mass is 869 g/mol. The van der Waals surface area contributed by atoms with Gasteiger partial charge in [-0.05, 0) is 203 Å². The van der Waals surface area contributed by atoms with Crippen LogP contribution in [0.4, 0.5) is 0 Å². The normalized spacial score (nSPS) is 32.8. The van der Waals surface area contributed by atoms with Crippen molar-refractivity contribution < 1.29 is 0 Å². The van der Waals surface area contributed by atoms with E-state index in [1.807, 2.05) is 0 Å². The minimum absolute atomic E-state index is 0.720. The minimum atomic E-state index is 0.720. The fraction of sp³-hybridized carbons (Fsp3) is 1.00. The predicted molar refractivity (Wildman–Crippen MR) is 270 cm³/mol. The van der Waals surface area contributed by atoms with Gasteiger partial charge in [0.1, 0.15) is 0 Å². The SMILES string of the molecule is CC(C)N1CCC(N2CCCCCC2)C1.CC(C)N1CCC(N2CCCCCCC2)C1.CC(C)N1CCCC(N2CCCC2)C1.CC1CC(C)CN(C2CCCN(C(C)C)C2)C1. The first-order valence-corrected chi connectivity index (χ1v) is 27.8. The molecule has 0 aromatic carbocycles. The van der Waals surface area contributed by atoms with Gasteiger partial charge in [0, 0.05) is 101 Å². The summed E-state index contributed by atoms with van der Waals surface area (Å²) in [5.74, 6) is 1.79. The Morgan fingerprint density at radius 1 is 0.274 bits per heavy atom. The number of rotatable bonds is 8. The van der Waals surface area contributed by atoms with Crippen LogP contribution in [0.15, 0.2) is 0 Å². The van der Waals surface area contributed by atoms with Crippen LogP contribution in [0.5, 0.6) is 0 Å². The summed E-state index contributed by atoms with van der Waals surface area (Å²) < 4.78 is 0. The summed E-state index contributed by atoms with van der Waals surface area (Å²) in [7, 11) is 0. The van der Waals surface area contributed by atoms with Crippen LogP contribution < -0.4 is 0 Å². The molecule has 0 spiro atoms. The van der Waals surface area contributed by atoms with E-state index in [4.69, 9.17) is 0 Å². The molecule has 8 fully saturated rings. The smallest absolute Gasteiger partial charge is 0.0235 e. The third-order valence-electron chi connectivity index (χ3n) is 16.8. The molecule has 6 atom stereocenters. The van der Waals surface area contributed by atoms with Gasteiger partial charge in [-0.3, -0.25) is 39.2 Å². The third kappa shape index (κ3) is 17.7. The number of hydrogen-bond donors (Lipinski definition) is 0. The number of nitrogens with zero attached hydrogens (tertiary/aromatic N) is 8. The Balaban J connectivity index is 0.000000156. The lowest BCUT2D eigenvalue weighted by Gasteiger charge is -2.45. The standard InChI is InChI=1S/C15H30N2.C14H28N2.C13H26N2.C12H24N2/c1-12(2)16-7-5-6-15(11-16)17-9-13(3)8-14(4)10-17;1-13(2)16-11-8-14(12-16)15-9-6-4-3-5-7-10-15;1-12(2)15-10-7-13(11-15)14-8-5-3-4-6-9-14;1-11(2)14-9-5-6-12(10-14)13-7-3-4-8-13/h12-15H,5-11H2,1-4H3;13-14H,3-12H2,1-2H3;12-13H,3-11H2,1-2H3;11-12H,3-10H2,1-2H3. The molecule has 8 nitrogen and oxygen atoms in total. The van der Waals surface area contributed by atoms with E-state index in [9.17, 15) is 0 Å². The fourth-order valence-corrected chi connectivity index (χ4v) is 12.8. The molecule has 8 rings (SSSR count). The molecule has 0 N–H and O–H groups in total. The van der Waals surface area contributed by atoms with E-state index in [0.29, 0.717) is 0 Å². The zero-order valence-corrected chi connectivity index (χ0v) is 43.4. The van der Waals surface area contributed by atoms with Gasteiger partial charge in [0.15, 0.2) is 0 Å². The molecule has 8 heterocycles. The molecule has 364 valence electrons. The van der Waals surface area contributed by atoms with Crippen LogP contribution in [0.2, 0.25) is 0 Å². The Hall–Kier alpha value is -0.320. The largest absolute Gasteiger partial charge is 0.299 e. The Morgan fingerprint density at radius 2 is 0.548 bits per heavy atom. The molecule has 0 radical (unpaired) electrons. The molecule has 6 unspecified atom stereocenters. The summed E-state index contributed by atoms with van der Waals surface area (Å²) >= 11 is 0. The lowest BCUT2D eigenvalue weighted by Crippen LogP contribution is -2.53. The van der Waals surface area contributed by atoms with E-state index < -0.39 is 0 Å². The number of piperidine rings is 3. The van der Waals surface area contributed by atoms with E-state index in [0.717, 1.165) is 60.2 Å². The summed E-state index contributed by atoms with van der Waals surface area (Å²) in [5.41, 5.74) is 0. The minimum Gasteiger partial charge on any atom is -0.299 e. The van der Waals surface area contributed by atoms with Crippen molar-refractivity contribution in [2.24, 2.45) is 11.8 Å². The van der Waals surface area contributed by atoms with Crippen molar-refractivity contribution in [1.29, 1.82) is 0 Å². The van der Waals surface area contributed by atoms with Gasteiger partial charge in [-0.25, -0.2) is 0 Å². The van der Waals surface area contributed by atoms with E-state index in [1.54, 1.807) is 0 Å². The topological polar surface area (TPSA) is 25.9 Å². The first-order valence-electron chi connectivity index (χ1n) is 27.8. The fourth-order valence-electron chi connectivity index (χ4n) is 12.8. The highest BCUT2D eigenvalue weighted by molar-refractivity contribution is 4.89. The molecule has 8 saturated heterocycles. The van der Waals surface area contributed by atoms with E-state index in [1.165, 1.54) is 220 Å². The highest BCUT2D eigenvalue weighted by Gasteiger charge is 2.33. The molecule has 0 aliphatic carbocycles. The van der Waals surface area contributed by atoms with Gasteiger partial charge >= 0.3 is 0 Å². The van der Waals surface area contributed by atoms with E-state index >= 15 is 0 Å². The average Bonchev–Trinajstić information content (AvgIpc) is 4.03. The number of likely N-dealkylation sites (tertiary alicyclic amines) is 8. The first kappa shape index (κ1) is 52.6. The highest BCUT2D eigenvalue weighted by atomic mass is 15.3. The van der Waals surface area contributed by atoms with Crippen LogP contribution >= 0.6 is 0 Å². The zero-order chi connectivity index (χ0) is 44.4. The predicted octanol–water partition coefficient (Wildman–Crippen LogP) is 9.87. The second-order valence-corrected chi connectivity index (χ2v) is 23.2. The molecule has 8 aliphatic rings. The molecular weight excluding hydrogens is 761 g/mol. The second-order valence-electron chi connectivity index (χ2n) is 23.2. The summed E-state index contributed by atoms with van der Waals surface area (Å²) in [5, 5.41) is 0. The maximum absolute atomic E-state index is 2.79. The van der Waals surface area contributed by atoms with Crippen LogP contribution in [0.1, 0.15) is 185 Å². The van der Waals surface area contributed by atoms with E-state index in [-0.39, 0.29) is 0 Å². The lowest BCUT2D eigenvalue weighted by atomic mass is 9.89. The summed E-state index contributed by atoms with van der Waals surface area (Å²) in [6.07, 6.45) is 25.7.